The summed E-state index contributed by atoms with van der Waals surface area (Å²) in [6.07, 6.45) is 1.05. The van der Waals surface area contributed by atoms with Gasteiger partial charge in [0.25, 0.3) is 5.91 Å². The molecule has 0 fully saturated rings. The molecule has 0 bridgehead atoms. The Morgan fingerprint density at radius 1 is 1.14 bits per heavy atom. The van der Waals surface area contributed by atoms with Gasteiger partial charge in [0.2, 0.25) is 0 Å². The predicted molar refractivity (Wildman–Crippen MR) is 68.8 cm³/mol. The maximum absolute atomic E-state index is 13.7. The molecule has 1 aromatic carbocycles. The molecule has 0 radical (unpaired) electrons. The molecule has 7 heteroatoms. The second-order valence-electron chi connectivity index (χ2n) is 4.54. The van der Waals surface area contributed by atoms with Crippen LogP contribution in [-0.4, -0.2) is 35.1 Å². The molecular formula is C14H17F4NO2. The van der Waals surface area contributed by atoms with Crippen LogP contribution >= 0.6 is 0 Å². The Balaban J connectivity index is 3.27. The summed E-state index contributed by atoms with van der Waals surface area (Å²) in [7, 11) is 0. The summed E-state index contributed by atoms with van der Waals surface area (Å²) in [5, 5.41) is 9.00. The number of nitrogens with zero attached hydrogens (tertiary/aromatic N) is 1. The van der Waals surface area contributed by atoms with E-state index in [1.165, 1.54) is 0 Å². The average molecular weight is 307 g/mol. The second-order valence-corrected chi connectivity index (χ2v) is 4.54. The smallest absolute Gasteiger partial charge is 0.257 e. The summed E-state index contributed by atoms with van der Waals surface area (Å²) >= 11 is 0. The van der Waals surface area contributed by atoms with Gasteiger partial charge in [-0.15, -0.1) is 0 Å². The lowest BCUT2D eigenvalue weighted by Gasteiger charge is -2.30. The van der Waals surface area contributed by atoms with Crippen molar-refractivity contribution in [2.45, 2.75) is 32.7 Å². The first-order valence-electron chi connectivity index (χ1n) is 6.63. The molecule has 1 N–H and O–H groups in total. The number of hydrogen-bond acceptors (Lipinski definition) is 2. The van der Waals surface area contributed by atoms with Crippen LogP contribution in [0, 0.1) is 23.3 Å². The molecule has 0 aliphatic carbocycles. The monoisotopic (exact) mass is 307 g/mol. The highest BCUT2D eigenvalue weighted by atomic mass is 19.2. The molecule has 0 heterocycles. The van der Waals surface area contributed by atoms with Gasteiger partial charge in [-0.25, -0.2) is 17.6 Å². The number of amides is 1. The lowest BCUT2D eigenvalue weighted by molar-refractivity contribution is 0.0615. The van der Waals surface area contributed by atoms with Crippen molar-refractivity contribution in [2.75, 3.05) is 13.2 Å². The summed E-state index contributed by atoms with van der Waals surface area (Å²) in [5.41, 5.74) is -0.883. The van der Waals surface area contributed by atoms with Gasteiger partial charge in [0, 0.05) is 12.6 Å². The lowest BCUT2D eigenvalue weighted by atomic mass is 10.1. The normalized spacial score (nSPS) is 11.0. The predicted octanol–water partition coefficient (Wildman–Crippen LogP) is 2.87. The highest BCUT2D eigenvalue weighted by Crippen LogP contribution is 2.22. The quantitative estimate of drug-likeness (QED) is 0.499. The number of halogens is 4. The Bertz CT molecular complexity index is 518. The summed E-state index contributed by atoms with van der Waals surface area (Å²) in [6, 6.07) is 0.0169. The van der Waals surface area contributed by atoms with Gasteiger partial charge in [0.1, 0.15) is 0 Å². The van der Waals surface area contributed by atoms with Gasteiger partial charge >= 0.3 is 0 Å². The molecule has 0 unspecified atom stereocenters. The van der Waals surface area contributed by atoms with Crippen molar-refractivity contribution in [3.63, 3.8) is 0 Å². The van der Waals surface area contributed by atoms with Crippen molar-refractivity contribution < 1.29 is 27.5 Å². The number of aliphatic hydroxyl groups is 1. The van der Waals surface area contributed by atoms with E-state index in [0.29, 0.717) is 18.9 Å². The van der Waals surface area contributed by atoms with Gasteiger partial charge < -0.3 is 10.0 Å². The van der Waals surface area contributed by atoms with E-state index in [2.05, 4.69) is 0 Å². The van der Waals surface area contributed by atoms with Crippen LogP contribution in [0.25, 0.3) is 0 Å². The van der Waals surface area contributed by atoms with Crippen LogP contribution < -0.4 is 0 Å². The van der Waals surface area contributed by atoms with Crippen molar-refractivity contribution in [3.05, 3.63) is 34.9 Å². The van der Waals surface area contributed by atoms with Crippen LogP contribution in [0.15, 0.2) is 6.07 Å². The highest BCUT2D eigenvalue weighted by molar-refractivity contribution is 5.94. The number of hydrogen-bond donors (Lipinski definition) is 1. The van der Waals surface area contributed by atoms with E-state index in [1.54, 1.807) is 13.8 Å². The van der Waals surface area contributed by atoms with Crippen molar-refractivity contribution in [2.24, 2.45) is 0 Å². The molecule has 0 spiro atoms. The second kappa shape index (κ2) is 7.40. The van der Waals surface area contributed by atoms with Gasteiger partial charge in [-0.05, 0) is 18.9 Å². The standard InChI is InChI=1S/C14H17F4NO2/c1-3-8(4-2)19(5-6-20)14(21)9-7-10(15)12(17)13(18)11(9)16/h7-8,20H,3-6H2,1-2H3. The van der Waals surface area contributed by atoms with Crippen LogP contribution in [0.3, 0.4) is 0 Å². The number of rotatable bonds is 6. The van der Waals surface area contributed by atoms with E-state index in [4.69, 9.17) is 5.11 Å². The van der Waals surface area contributed by atoms with Gasteiger partial charge in [-0.1, -0.05) is 13.8 Å². The summed E-state index contributed by atoms with van der Waals surface area (Å²) < 4.78 is 53.0. The molecule has 3 nitrogen and oxygen atoms in total. The SMILES string of the molecule is CCC(CC)N(CCO)C(=O)c1cc(F)c(F)c(F)c1F. The third-order valence-corrected chi connectivity index (χ3v) is 3.32. The Morgan fingerprint density at radius 2 is 1.71 bits per heavy atom. The highest BCUT2D eigenvalue weighted by Gasteiger charge is 2.28. The van der Waals surface area contributed by atoms with E-state index >= 15 is 0 Å². The Morgan fingerprint density at radius 3 is 2.19 bits per heavy atom. The molecule has 0 aliphatic heterocycles. The maximum atomic E-state index is 13.7. The minimum atomic E-state index is -2.02. The fourth-order valence-electron chi connectivity index (χ4n) is 2.17. The zero-order valence-electron chi connectivity index (χ0n) is 11.8. The molecule has 1 rings (SSSR count). The molecule has 1 aromatic rings. The first-order valence-corrected chi connectivity index (χ1v) is 6.63. The minimum Gasteiger partial charge on any atom is -0.395 e. The lowest BCUT2D eigenvalue weighted by Crippen LogP contribution is -2.42. The van der Waals surface area contributed by atoms with Crippen molar-refractivity contribution in [3.8, 4) is 0 Å². The van der Waals surface area contributed by atoms with Gasteiger partial charge in [0.15, 0.2) is 23.3 Å². The van der Waals surface area contributed by atoms with E-state index in [1.807, 2.05) is 0 Å². The number of carbonyl (C=O) groups is 1. The largest absolute Gasteiger partial charge is 0.395 e. The van der Waals surface area contributed by atoms with Crippen LogP contribution in [0.2, 0.25) is 0 Å². The molecule has 0 aliphatic rings. The minimum absolute atomic E-state index is 0.106. The zero-order chi connectivity index (χ0) is 16.2. The first-order chi connectivity index (χ1) is 9.88. The number of carbonyl (C=O) groups excluding carboxylic acids is 1. The van der Waals surface area contributed by atoms with E-state index in [0.717, 1.165) is 4.90 Å². The fraction of sp³-hybridized carbons (Fsp3) is 0.500. The van der Waals surface area contributed by atoms with E-state index in [9.17, 15) is 22.4 Å². The Kier molecular flexibility index (Phi) is 6.14. The van der Waals surface area contributed by atoms with Crippen LogP contribution in [0.4, 0.5) is 17.6 Å². The van der Waals surface area contributed by atoms with Crippen molar-refractivity contribution >= 4 is 5.91 Å². The van der Waals surface area contributed by atoms with Crippen LogP contribution in [-0.2, 0) is 0 Å². The molecule has 0 saturated heterocycles. The maximum Gasteiger partial charge on any atom is 0.257 e. The topological polar surface area (TPSA) is 40.5 Å². The molecule has 118 valence electrons. The van der Waals surface area contributed by atoms with Crippen LogP contribution in [0.1, 0.15) is 37.0 Å². The zero-order valence-corrected chi connectivity index (χ0v) is 11.8. The first kappa shape index (κ1) is 17.4. The van der Waals surface area contributed by atoms with Crippen molar-refractivity contribution in [1.29, 1.82) is 0 Å². The molecule has 21 heavy (non-hydrogen) atoms. The molecule has 1 amide bonds. The third kappa shape index (κ3) is 3.53. The molecular weight excluding hydrogens is 290 g/mol. The molecule has 0 aromatic heterocycles. The van der Waals surface area contributed by atoms with Gasteiger partial charge in [0.05, 0.1) is 12.2 Å². The summed E-state index contributed by atoms with van der Waals surface area (Å²) in [5.74, 6) is -8.32. The fourth-order valence-corrected chi connectivity index (χ4v) is 2.17. The summed E-state index contributed by atoms with van der Waals surface area (Å²) in [4.78, 5) is 13.4. The summed E-state index contributed by atoms with van der Waals surface area (Å²) in [6.45, 7) is 3.09. The average Bonchev–Trinajstić information content (AvgIpc) is 2.48. The third-order valence-electron chi connectivity index (χ3n) is 3.32. The van der Waals surface area contributed by atoms with Crippen molar-refractivity contribution in [1.82, 2.24) is 4.90 Å². The van der Waals surface area contributed by atoms with E-state index in [-0.39, 0.29) is 19.2 Å². The Labute approximate surface area is 120 Å². The van der Waals surface area contributed by atoms with Gasteiger partial charge in [-0.2, -0.15) is 0 Å². The molecule has 0 atom stereocenters. The molecule has 0 saturated carbocycles. The Hall–Kier alpha value is -1.63. The van der Waals surface area contributed by atoms with E-state index < -0.39 is 34.7 Å². The van der Waals surface area contributed by atoms with Gasteiger partial charge in [-0.3, -0.25) is 4.79 Å². The number of benzene rings is 1. The number of aliphatic hydroxyl groups excluding tert-OH is 1. The van der Waals surface area contributed by atoms with Crippen LogP contribution in [0.5, 0.6) is 0 Å².